The lowest BCUT2D eigenvalue weighted by Crippen LogP contribution is -2.43. The molecule has 0 aromatic heterocycles. The molecule has 2 aromatic rings. The second kappa shape index (κ2) is 6.21. The molecule has 2 N–H and O–H groups in total. The van der Waals surface area contributed by atoms with Gasteiger partial charge in [-0.2, -0.15) is 0 Å². The number of hydrogen-bond donors (Lipinski definition) is 1. The summed E-state index contributed by atoms with van der Waals surface area (Å²) < 4.78 is 0. The molecule has 27 heavy (non-hydrogen) atoms. The second-order valence-corrected chi connectivity index (χ2v) is 7.98. The fourth-order valence-electron chi connectivity index (χ4n) is 4.48. The molecule has 1 aliphatic carbocycles. The Morgan fingerprint density at radius 1 is 1.00 bits per heavy atom. The molecule has 5 rings (SSSR count). The molecule has 1 saturated carbocycles. The summed E-state index contributed by atoms with van der Waals surface area (Å²) in [6.07, 6.45) is 9.82. The van der Waals surface area contributed by atoms with Crippen molar-refractivity contribution in [1.82, 2.24) is 4.90 Å². The molecule has 1 fully saturated rings. The molecule has 0 amide bonds. The van der Waals surface area contributed by atoms with Gasteiger partial charge in [0, 0.05) is 11.7 Å². The summed E-state index contributed by atoms with van der Waals surface area (Å²) in [5.74, 6) is 1.08. The van der Waals surface area contributed by atoms with E-state index in [0.717, 1.165) is 18.7 Å². The first kappa shape index (κ1) is 16.5. The Balaban J connectivity index is 1.54. The molecule has 0 bridgehead atoms. The van der Waals surface area contributed by atoms with E-state index in [-0.39, 0.29) is 17.6 Å². The zero-order chi connectivity index (χ0) is 18.4. The van der Waals surface area contributed by atoms with Crippen LogP contribution in [0.25, 0.3) is 0 Å². The highest BCUT2D eigenvalue weighted by molar-refractivity contribution is 6.01. The summed E-state index contributed by atoms with van der Waals surface area (Å²) >= 11 is 0. The minimum Gasteiger partial charge on any atom is -0.323 e. The summed E-state index contributed by atoms with van der Waals surface area (Å²) in [5.41, 5.74) is 11.4. The fraction of sp³-hybridized carbons (Fsp3) is 0.292. The standard InChI is InChI=1S/C24H25N3/c1-17-7-5-16-27-22(19-8-3-2-4-9-19)21(26-23(17)27)18-10-12-20(13-11-18)24(25)14-6-15-24/h2-5,7-13,16,21-22H,6,14-15,25H2,1H3. The Morgan fingerprint density at radius 2 is 1.74 bits per heavy atom. The topological polar surface area (TPSA) is 41.6 Å². The van der Waals surface area contributed by atoms with Crippen LogP contribution in [0.5, 0.6) is 0 Å². The Morgan fingerprint density at radius 3 is 2.41 bits per heavy atom. The van der Waals surface area contributed by atoms with Crippen molar-refractivity contribution in [3.05, 3.63) is 95.2 Å². The number of amidine groups is 1. The lowest BCUT2D eigenvalue weighted by atomic mass is 9.72. The van der Waals surface area contributed by atoms with Crippen LogP contribution in [0.3, 0.4) is 0 Å². The lowest BCUT2D eigenvalue weighted by Gasteiger charge is -2.38. The SMILES string of the molecule is CC1=CC=CN2C1=NC(c1ccc(C3(N)CCC3)cc1)C2c1ccccc1. The molecule has 3 heteroatoms. The van der Waals surface area contributed by atoms with Crippen LogP contribution in [0.4, 0.5) is 0 Å². The number of rotatable bonds is 3. The van der Waals surface area contributed by atoms with Crippen LogP contribution >= 0.6 is 0 Å². The summed E-state index contributed by atoms with van der Waals surface area (Å²) in [4.78, 5) is 7.46. The van der Waals surface area contributed by atoms with Crippen molar-refractivity contribution in [2.24, 2.45) is 10.7 Å². The van der Waals surface area contributed by atoms with Crippen LogP contribution in [-0.4, -0.2) is 10.7 Å². The molecule has 2 heterocycles. The maximum absolute atomic E-state index is 6.51. The van der Waals surface area contributed by atoms with E-state index in [1.165, 1.54) is 28.7 Å². The number of nitrogens with zero attached hydrogens (tertiary/aromatic N) is 2. The highest BCUT2D eigenvalue weighted by atomic mass is 15.3. The van der Waals surface area contributed by atoms with E-state index in [4.69, 9.17) is 10.7 Å². The molecular formula is C24H25N3. The number of nitrogens with two attached hydrogens (primary N) is 1. The van der Waals surface area contributed by atoms with Crippen LogP contribution in [0.2, 0.25) is 0 Å². The second-order valence-electron chi connectivity index (χ2n) is 7.98. The van der Waals surface area contributed by atoms with Gasteiger partial charge in [0.1, 0.15) is 11.9 Å². The van der Waals surface area contributed by atoms with Crippen LogP contribution in [-0.2, 0) is 5.54 Å². The predicted octanol–water partition coefficient (Wildman–Crippen LogP) is 4.99. The quantitative estimate of drug-likeness (QED) is 0.842. The van der Waals surface area contributed by atoms with Crippen molar-refractivity contribution < 1.29 is 0 Å². The Kier molecular flexibility index (Phi) is 3.80. The molecule has 0 spiro atoms. The van der Waals surface area contributed by atoms with Crippen molar-refractivity contribution in [3.63, 3.8) is 0 Å². The van der Waals surface area contributed by atoms with Gasteiger partial charge in [0.2, 0.25) is 0 Å². The van der Waals surface area contributed by atoms with Crippen LogP contribution < -0.4 is 5.73 Å². The minimum absolute atomic E-state index is 0.0812. The molecule has 0 radical (unpaired) electrons. The summed E-state index contributed by atoms with van der Waals surface area (Å²) in [7, 11) is 0. The minimum atomic E-state index is -0.113. The van der Waals surface area contributed by atoms with Gasteiger partial charge in [-0.15, -0.1) is 0 Å². The smallest absolute Gasteiger partial charge is 0.131 e. The zero-order valence-corrected chi connectivity index (χ0v) is 15.7. The van der Waals surface area contributed by atoms with E-state index < -0.39 is 0 Å². The van der Waals surface area contributed by atoms with E-state index in [0.29, 0.717) is 0 Å². The average molecular weight is 355 g/mol. The number of allylic oxidation sites excluding steroid dienone is 2. The maximum atomic E-state index is 6.51. The highest BCUT2D eigenvalue weighted by Gasteiger charge is 2.39. The number of fused-ring (bicyclic) bond motifs is 1. The monoisotopic (exact) mass is 355 g/mol. The predicted molar refractivity (Wildman–Crippen MR) is 110 cm³/mol. The first-order chi connectivity index (χ1) is 13.2. The van der Waals surface area contributed by atoms with Gasteiger partial charge >= 0.3 is 0 Å². The normalized spacial score (nSPS) is 25.5. The number of aliphatic imine (C=N–C) groups is 1. The molecule has 2 unspecified atom stereocenters. The van der Waals surface area contributed by atoms with E-state index >= 15 is 0 Å². The average Bonchev–Trinajstić information content (AvgIpc) is 3.08. The zero-order valence-electron chi connectivity index (χ0n) is 15.7. The summed E-state index contributed by atoms with van der Waals surface area (Å²) in [5, 5.41) is 0. The third-order valence-corrected chi connectivity index (χ3v) is 6.26. The third-order valence-electron chi connectivity index (χ3n) is 6.26. The van der Waals surface area contributed by atoms with Gasteiger partial charge in [-0.3, -0.25) is 4.99 Å². The molecular weight excluding hydrogens is 330 g/mol. The first-order valence-electron chi connectivity index (χ1n) is 9.82. The number of benzene rings is 2. The Hall–Kier alpha value is -2.65. The largest absolute Gasteiger partial charge is 0.323 e. The van der Waals surface area contributed by atoms with E-state index in [9.17, 15) is 0 Å². The van der Waals surface area contributed by atoms with Crippen molar-refractivity contribution in [1.29, 1.82) is 0 Å². The van der Waals surface area contributed by atoms with Crippen LogP contribution in [0.1, 0.15) is 55.0 Å². The molecule has 2 atom stereocenters. The molecule has 136 valence electrons. The summed E-state index contributed by atoms with van der Waals surface area (Å²) in [6, 6.07) is 19.9. The lowest BCUT2D eigenvalue weighted by molar-refractivity contribution is 0.253. The van der Waals surface area contributed by atoms with Crippen molar-refractivity contribution in [2.45, 2.75) is 43.8 Å². The highest BCUT2D eigenvalue weighted by Crippen LogP contribution is 2.45. The van der Waals surface area contributed by atoms with Crippen molar-refractivity contribution in [2.75, 3.05) is 0 Å². The van der Waals surface area contributed by atoms with E-state index in [1.54, 1.807) is 0 Å². The van der Waals surface area contributed by atoms with E-state index in [1.807, 2.05) is 0 Å². The molecule has 3 nitrogen and oxygen atoms in total. The first-order valence-corrected chi connectivity index (χ1v) is 9.82. The molecule has 2 aromatic carbocycles. The van der Waals surface area contributed by atoms with Gasteiger partial charge in [-0.05, 0) is 54.5 Å². The van der Waals surface area contributed by atoms with Crippen molar-refractivity contribution in [3.8, 4) is 0 Å². The maximum Gasteiger partial charge on any atom is 0.131 e. The fourth-order valence-corrected chi connectivity index (χ4v) is 4.48. The third kappa shape index (κ3) is 2.65. The van der Waals surface area contributed by atoms with E-state index in [2.05, 4.69) is 84.8 Å². The van der Waals surface area contributed by atoms with Gasteiger partial charge < -0.3 is 10.6 Å². The van der Waals surface area contributed by atoms with Crippen LogP contribution in [0.15, 0.2) is 83.5 Å². The van der Waals surface area contributed by atoms with Gasteiger partial charge in [0.15, 0.2) is 0 Å². The Bertz CT molecular complexity index is 933. The van der Waals surface area contributed by atoms with Crippen molar-refractivity contribution >= 4 is 5.84 Å². The van der Waals surface area contributed by atoms with Crippen LogP contribution in [0, 0.1) is 0 Å². The van der Waals surface area contributed by atoms with Gasteiger partial charge in [-0.1, -0.05) is 60.7 Å². The van der Waals surface area contributed by atoms with Gasteiger partial charge in [0.05, 0.1) is 6.04 Å². The molecule has 0 saturated heterocycles. The molecule has 2 aliphatic heterocycles. The Labute approximate surface area is 160 Å². The van der Waals surface area contributed by atoms with Gasteiger partial charge in [0.25, 0.3) is 0 Å². The number of hydrogen-bond acceptors (Lipinski definition) is 3. The molecule has 3 aliphatic rings. The summed E-state index contributed by atoms with van der Waals surface area (Å²) in [6.45, 7) is 2.14. The van der Waals surface area contributed by atoms with Gasteiger partial charge in [-0.25, -0.2) is 0 Å².